The number of hydrogen-bond donors (Lipinski definition) is 1. The van der Waals surface area contributed by atoms with Gasteiger partial charge in [-0.05, 0) is 80.3 Å². The molecular weight excluding hydrogens is 655 g/mol. The Bertz CT molecular complexity index is 1830. The molecule has 0 radical (unpaired) electrons. The van der Waals surface area contributed by atoms with Crippen molar-refractivity contribution in [3.05, 3.63) is 114 Å². The van der Waals surface area contributed by atoms with Crippen LogP contribution >= 0.6 is 0 Å². The van der Waals surface area contributed by atoms with E-state index in [-0.39, 0.29) is 41.2 Å². The maximum atomic E-state index is 14.8. The number of sulfonamides is 1. The molecule has 10 nitrogen and oxygen atoms in total. The summed E-state index contributed by atoms with van der Waals surface area (Å²) in [6, 6.07) is 26.8. The van der Waals surface area contributed by atoms with Gasteiger partial charge in [0.15, 0.2) is 11.5 Å². The summed E-state index contributed by atoms with van der Waals surface area (Å²) < 4.78 is 46.4. The monoisotopic (exact) mass is 701 g/mol. The first-order chi connectivity index (χ1) is 24.0. The average Bonchev–Trinajstić information content (AvgIpc) is 3.13. The van der Waals surface area contributed by atoms with Crippen molar-refractivity contribution in [1.29, 1.82) is 0 Å². The van der Waals surface area contributed by atoms with Gasteiger partial charge >= 0.3 is 0 Å². The highest BCUT2D eigenvalue weighted by atomic mass is 32.2. The van der Waals surface area contributed by atoms with Crippen molar-refractivity contribution >= 4 is 27.5 Å². The van der Waals surface area contributed by atoms with Gasteiger partial charge in [-0.3, -0.25) is 13.9 Å². The average molecular weight is 702 g/mol. The van der Waals surface area contributed by atoms with Crippen LogP contribution in [-0.4, -0.2) is 64.6 Å². The number of aryl methyl sites for hydroxylation is 1. The first-order valence-electron chi connectivity index (χ1n) is 16.7. The molecule has 266 valence electrons. The Morgan fingerprint density at radius 1 is 0.840 bits per heavy atom. The van der Waals surface area contributed by atoms with Crippen LogP contribution in [0.5, 0.6) is 17.2 Å². The van der Waals surface area contributed by atoms with Gasteiger partial charge in [-0.1, -0.05) is 61.5 Å². The van der Waals surface area contributed by atoms with Gasteiger partial charge in [0.05, 0.1) is 31.4 Å². The van der Waals surface area contributed by atoms with Crippen LogP contribution in [0.15, 0.2) is 102 Å². The van der Waals surface area contributed by atoms with Gasteiger partial charge in [0.25, 0.3) is 10.0 Å². The van der Waals surface area contributed by atoms with Crippen LogP contribution in [0.2, 0.25) is 0 Å². The molecule has 2 atom stereocenters. The van der Waals surface area contributed by atoms with Crippen molar-refractivity contribution in [1.82, 2.24) is 10.2 Å². The molecule has 0 bridgehead atoms. The third-order valence-electron chi connectivity index (χ3n) is 8.53. The Balaban J connectivity index is 1.85. The van der Waals surface area contributed by atoms with Gasteiger partial charge in [0.1, 0.15) is 18.3 Å². The van der Waals surface area contributed by atoms with Gasteiger partial charge < -0.3 is 24.4 Å². The minimum atomic E-state index is -4.37. The van der Waals surface area contributed by atoms with E-state index in [1.165, 1.54) is 37.3 Å². The topological polar surface area (TPSA) is 114 Å². The molecule has 0 spiro atoms. The number of nitrogens with one attached hydrogen (secondary N) is 1. The highest BCUT2D eigenvalue weighted by Gasteiger charge is 2.35. The molecule has 2 amide bonds. The first kappa shape index (κ1) is 37.8. The lowest BCUT2D eigenvalue weighted by Gasteiger charge is -2.34. The molecule has 0 aromatic heterocycles. The number of methoxy groups -OCH3 is 2. The highest BCUT2D eigenvalue weighted by molar-refractivity contribution is 7.92. The van der Waals surface area contributed by atoms with Crippen LogP contribution in [0.25, 0.3) is 0 Å². The van der Waals surface area contributed by atoms with Crippen molar-refractivity contribution in [3.63, 3.8) is 0 Å². The Morgan fingerprint density at radius 2 is 1.50 bits per heavy atom. The van der Waals surface area contributed by atoms with Crippen LogP contribution in [0.1, 0.15) is 43.9 Å². The van der Waals surface area contributed by atoms with E-state index in [0.717, 1.165) is 21.0 Å². The van der Waals surface area contributed by atoms with E-state index in [1.807, 2.05) is 82.3 Å². The lowest BCUT2D eigenvalue weighted by Crippen LogP contribution is -2.54. The summed E-state index contributed by atoms with van der Waals surface area (Å²) in [7, 11) is -1.48. The number of rotatable bonds is 17. The molecule has 0 saturated carbocycles. The maximum Gasteiger partial charge on any atom is 0.264 e. The van der Waals surface area contributed by atoms with E-state index in [2.05, 4.69) is 5.32 Å². The van der Waals surface area contributed by atoms with Gasteiger partial charge in [0, 0.05) is 25.1 Å². The second-order valence-corrected chi connectivity index (χ2v) is 13.8. The Labute approximate surface area is 296 Å². The molecule has 4 aromatic rings. The Kier molecular flexibility index (Phi) is 13.3. The standard InChI is InChI=1S/C39H47N3O7S/c1-7-29(4)40-39(44)35(24-30-15-10-9-11-16-30)41(26-31-17-13-12-14-28(31)3)38(43)27-42(32-18-20-33(21-19-32)49-8-2)50(45,46)34-22-23-36(47-5)37(25-34)48-6/h9-23,25,29,35H,7-8,24,26-27H2,1-6H3,(H,40,44)/t29-,35-/m0/s1. The normalized spacial score (nSPS) is 12.4. The molecule has 4 aromatic carbocycles. The number of carbonyl (C=O) groups excluding carboxylic acids is 2. The van der Waals surface area contributed by atoms with Crippen LogP contribution in [0.3, 0.4) is 0 Å². The zero-order valence-corrected chi connectivity index (χ0v) is 30.4. The summed E-state index contributed by atoms with van der Waals surface area (Å²) in [6.45, 7) is 7.61. The largest absolute Gasteiger partial charge is 0.494 e. The number of amides is 2. The second kappa shape index (κ2) is 17.6. The number of hydrogen-bond acceptors (Lipinski definition) is 7. The third-order valence-corrected chi connectivity index (χ3v) is 10.3. The molecule has 50 heavy (non-hydrogen) atoms. The lowest BCUT2D eigenvalue weighted by molar-refractivity contribution is -0.140. The Morgan fingerprint density at radius 3 is 2.12 bits per heavy atom. The van der Waals surface area contributed by atoms with E-state index < -0.39 is 28.5 Å². The van der Waals surface area contributed by atoms with Crippen LogP contribution < -0.4 is 23.8 Å². The summed E-state index contributed by atoms with van der Waals surface area (Å²) in [5.41, 5.74) is 2.88. The number of ether oxygens (including phenoxy) is 3. The zero-order valence-electron chi connectivity index (χ0n) is 29.6. The fourth-order valence-corrected chi connectivity index (χ4v) is 6.90. The van der Waals surface area contributed by atoms with E-state index in [0.29, 0.717) is 24.5 Å². The van der Waals surface area contributed by atoms with Crippen LogP contribution in [-0.2, 0) is 32.6 Å². The van der Waals surface area contributed by atoms with E-state index in [4.69, 9.17) is 14.2 Å². The fraction of sp³-hybridized carbons (Fsp3) is 0.333. The van der Waals surface area contributed by atoms with E-state index in [1.54, 1.807) is 24.3 Å². The van der Waals surface area contributed by atoms with Crippen molar-refractivity contribution < 1.29 is 32.2 Å². The summed E-state index contributed by atoms with van der Waals surface area (Å²) >= 11 is 0. The molecule has 4 rings (SSSR count). The lowest BCUT2D eigenvalue weighted by atomic mass is 10.0. The maximum absolute atomic E-state index is 14.8. The molecule has 1 N–H and O–H groups in total. The predicted octanol–water partition coefficient (Wildman–Crippen LogP) is 6.16. The summed E-state index contributed by atoms with van der Waals surface area (Å²) in [6.07, 6.45) is 0.927. The molecule has 0 aliphatic carbocycles. The molecule has 0 aliphatic heterocycles. The second-order valence-electron chi connectivity index (χ2n) is 11.9. The van der Waals surface area contributed by atoms with Gasteiger partial charge in [-0.25, -0.2) is 8.42 Å². The molecule has 0 heterocycles. The molecule has 0 saturated heterocycles. The quantitative estimate of drug-likeness (QED) is 0.140. The van der Waals surface area contributed by atoms with Crippen molar-refractivity contribution in [3.8, 4) is 17.2 Å². The fourth-order valence-electron chi connectivity index (χ4n) is 5.47. The van der Waals surface area contributed by atoms with Gasteiger partial charge in [-0.2, -0.15) is 0 Å². The molecule has 11 heteroatoms. The van der Waals surface area contributed by atoms with Crippen molar-refractivity contribution in [2.24, 2.45) is 0 Å². The van der Waals surface area contributed by atoms with Gasteiger partial charge in [0.2, 0.25) is 11.8 Å². The smallest absolute Gasteiger partial charge is 0.264 e. The zero-order chi connectivity index (χ0) is 36.3. The molecular formula is C39H47N3O7S. The number of carbonyl (C=O) groups is 2. The van der Waals surface area contributed by atoms with Crippen molar-refractivity contribution in [2.45, 2.75) is 64.1 Å². The molecule has 0 fully saturated rings. The van der Waals surface area contributed by atoms with Gasteiger partial charge in [-0.15, -0.1) is 0 Å². The molecule has 0 aliphatic rings. The van der Waals surface area contributed by atoms with E-state index in [9.17, 15) is 18.0 Å². The van der Waals surface area contributed by atoms with Crippen LogP contribution in [0, 0.1) is 6.92 Å². The number of nitrogens with zero attached hydrogens (tertiary/aromatic N) is 2. The third kappa shape index (κ3) is 9.35. The number of benzene rings is 4. The summed E-state index contributed by atoms with van der Waals surface area (Å²) in [5, 5.41) is 3.06. The highest BCUT2D eigenvalue weighted by Crippen LogP contribution is 2.33. The van der Waals surface area contributed by atoms with Crippen LogP contribution in [0.4, 0.5) is 5.69 Å². The SMILES string of the molecule is CCOc1ccc(N(CC(=O)N(Cc2ccccc2C)[C@@H](Cc2ccccc2)C(=O)N[C@@H](C)CC)S(=O)(=O)c2ccc(OC)c(OC)c2)cc1. The summed E-state index contributed by atoms with van der Waals surface area (Å²) in [5.74, 6) is 0.261. The molecule has 0 unspecified atom stereocenters. The summed E-state index contributed by atoms with van der Waals surface area (Å²) in [4.78, 5) is 30.2. The van der Waals surface area contributed by atoms with Crippen molar-refractivity contribution in [2.75, 3.05) is 31.7 Å². The number of anilines is 1. The first-order valence-corrected chi connectivity index (χ1v) is 18.1. The minimum Gasteiger partial charge on any atom is -0.494 e. The Hall–Kier alpha value is -5.03. The van der Waals surface area contributed by atoms with E-state index >= 15 is 0 Å². The predicted molar refractivity (Wildman–Crippen MR) is 195 cm³/mol. The minimum absolute atomic E-state index is 0.0878.